The third kappa shape index (κ3) is 4.38. The third-order valence-corrected chi connectivity index (χ3v) is 6.02. The van der Waals surface area contributed by atoms with E-state index in [2.05, 4.69) is 68.5 Å². The monoisotopic (exact) mass is 386 g/mol. The molecule has 0 amide bonds. The van der Waals surface area contributed by atoms with Crippen molar-refractivity contribution in [3.05, 3.63) is 89.0 Å². The van der Waals surface area contributed by atoms with Gasteiger partial charge in [-0.2, -0.15) is 0 Å². The van der Waals surface area contributed by atoms with E-state index in [1.54, 1.807) is 0 Å². The van der Waals surface area contributed by atoms with Crippen LogP contribution in [0.3, 0.4) is 0 Å². The zero-order valence-corrected chi connectivity index (χ0v) is 17.7. The topological polar surface area (TPSA) is 18.5 Å². The van der Waals surface area contributed by atoms with Gasteiger partial charge in [-0.05, 0) is 77.3 Å². The predicted molar refractivity (Wildman–Crippen MR) is 121 cm³/mol. The molecule has 0 saturated carbocycles. The highest BCUT2D eigenvalue weighted by atomic mass is 16.7. The molecule has 0 aliphatic heterocycles. The number of hydrogen-bond acceptors (Lipinski definition) is 2. The molecule has 1 aliphatic carbocycles. The van der Waals surface area contributed by atoms with Crippen LogP contribution >= 0.6 is 0 Å². The lowest BCUT2D eigenvalue weighted by atomic mass is 9.88. The van der Waals surface area contributed by atoms with Gasteiger partial charge in [-0.1, -0.05) is 68.5 Å². The Labute approximate surface area is 174 Å². The smallest absolute Gasteiger partial charge is 0.197 e. The molecule has 2 heteroatoms. The van der Waals surface area contributed by atoms with E-state index in [1.807, 2.05) is 19.1 Å². The molecule has 2 atom stereocenters. The number of benzene rings is 3. The Morgan fingerprint density at radius 1 is 0.931 bits per heavy atom. The zero-order chi connectivity index (χ0) is 20.2. The molecule has 0 spiro atoms. The zero-order valence-electron chi connectivity index (χ0n) is 17.7. The van der Waals surface area contributed by atoms with E-state index in [9.17, 15) is 0 Å². The van der Waals surface area contributed by atoms with Crippen LogP contribution in [0.2, 0.25) is 0 Å². The highest BCUT2D eigenvalue weighted by molar-refractivity contribution is 5.88. The average Bonchev–Trinajstić information content (AvgIpc) is 2.76. The van der Waals surface area contributed by atoms with Gasteiger partial charge in [0.05, 0.1) is 6.61 Å². The SMILES string of the molecule is CCC(C)c1ccc(OC(C)OCc2c3c(cc4ccccc24)CC=CC3)cc1. The number of rotatable bonds is 7. The fourth-order valence-electron chi connectivity index (χ4n) is 4.08. The van der Waals surface area contributed by atoms with Gasteiger partial charge in [-0.3, -0.25) is 0 Å². The maximum absolute atomic E-state index is 6.16. The molecule has 0 radical (unpaired) electrons. The molecule has 0 fully saturated rings. The fourth-order valence-corrected chi connectivity index (χ4v) is 4.08. The van der Waals surface area contributed by atoms with Crippen molar-refractivity contribution in [2.75, 3.05) is 0 Å². The normalized spacial score (nSPS) is 15.1. The first-order valence-electron chi connectivity index (χ1n) is 10.7. The van der Waals surface area contributed by atoms with Gasteiger partial charge in [-0.15, -0.1) is 0 Å². The van der Waals surface area contributed by atoms with E-state index in [0.29, 0.717) is 12.5 Å². The van der Waals surface area contributed by atoms with Crippen LogP contribution in [-0.2, 0) is 24.2 Å². The predicted octanol–water partition coefficient (Wildman–Crippen LogP) is 6.95. The van der Waals surface area contributed by atoms with Gasteiger partial charge in [0, 0.05) is 0 Å². The van der Waals surface area contributed by atoms with Gasteiger partial charge in [0.1, 0.15) is 5.75 Å². The Morgan fingerprint density at radius 3 is 2.48 bits per heavy atom. The van der Waals surface area contributed by atoms with Crippen molar-refractivity contribution in [2.24, 2.45) is 0 Å². The number of fused-ring (bicyclic) bond motifs is 2. The van der Waals surface area contributed by atoms with Crippen molar-refractivity contribution in [1.29, 1.82) is 0 Å². The second-order valence-corrected chi connectivity index (χ2v) is 7.97. The summed E-state index contributed by atoms with van der Waals surface area (Å²) in [5, 5.41) is 2.57. The quantitative estimate of drug-likeness (QED) is 0.323. The lowest BCUT2D eigenvalue weighted by Crippen LogP contribution is -2.17. The molecule has 1 aliphatic rings. The minimum Gasteiger partial charge on any atom is -0.465 e. The van der Waals surface area contributed by atoms with Gasteiger partial charge in [0.2, 0.25) is 0 Å². The van der Waals surface area contributed by atoms with Gasteiger partial charge in [0.25, 0.3) is 0 Å². The fraction of sp³-hybridized carbons (Fsp3) is 0.333. The first kappa shape index (κ1) is 19.7. The maximum atomic E-state index is 6.16. The first-order chi connectivity index (χ1) is 14.2. The second kappa shape index (κ2) is 8.84. The summed E-state index contributed by atoms with van der Waals surface area (Å²) >= 11 is 0. The van der Waals surface area contributed by atoms with Crippen LogP contribution in [-0.4, -0.2) is 6.29 Å². The van der Waals surface area contributed by atoms with Crippen LogP contribution in [0.25, 0.3) is 10.8 Å². The van der Waals surface area contributed by atoms with Gasteiger partial charge in [0.15, 0.2) is 6.29 Å². The standard InChI is InChI=1S/C27H30O2/c1-4-19(2)21-13-15-24(16-14-21)29-20(3)28-18-27-25-11-7-5-9-22(25)17-23-10-6-8-12-26(23)27/h5-9,11,13-17,19-20H,4,10,12,18H2,1-3H3. The van der Waals surface area contributed by atoms with Crippen LogP contribution in [0.15, 0.2) is 66.7 Å². The number of hydrogen-bond donors (Lipinski definition) is 0. The summed E-state index contributed by atoms with van der Waals surface area (Å²) in [6.45, 7) is 7.00. The van der Waals surface area contributed by atoms with Crippen molar-refractivity contribution >= 4 is 10.8 Å². The molecular formula is C27H30O2. The molecule has 0 bridgehead atoms. The van der Waals surface area contributed by atoms with E-state index in [4.69, 9.17) is 9.47 Å². The lowest BCUT2D eigenvalue weighted by molar-refractivity contribution is -0.0757. The van der Waals surface area contributed by atoms with Gasteiger partial charge >= 0.3 is 0 Å². The Morgan fingerprint density at radius 2 is 1.69 bits per heavy atom. The molecule has 3 aromatic rings. The van der Waals surface area contributed by atoms with E-state index in [-0.39, 0.29) is 6.29 Å². The van der Waals surface area contributed by atoms with Crippen molar-refractivity contribution in [2.45, 2.75) is 58.8 Å². The molecule has 2 nitrogen and oxygen atoms in total. The summed E-state index contributed by atoms with van der Waals surface area (Å²) in [5.41, 5.74) is 5.48. The molecule has 0 saturated heterocycles. The summed E-state index contributed by atoms with van der Waals surface area (Å²) in [6.07, 6.45) is 7.34. The summed E-state index contributed by atoms with van der Waals surface area (Å²) in [5.74, 6) is 1.43. The highest BCUT2D eigenvalue weighted by Crippen LogP contribution is 2.30. The number of allylic oxidation sites excluding steroid dienone is 2. The van der Waals surface area contributed by atoms with Crippen LogP contribution in [0.4, 0.5) is 0 Å². The van der Waals surface area contributed by atoms with Crippen molar-refractivity contribution in [3.63, 3.8) is 0 Å². The molecule has 0 N–H and O–H groups in total. The molecular weight excluding hydrogens is 356 g/mol. The molecule has 150 valence electrons. The van der Waals surface area contributed by atoms with Gasteiger partial charge in [-0.25, -0.2) is 0 Å². The average molecular weight is 387 g/mol. The van der Waals surface area contributed by atoms with Crippen molar-refractivity contribution in [1.82, 2.24) is 0 Å². The Bertz CT molecular complexity index is 1000. The minimum atomic E-state index is -0.307. The Kier molecular flexibility index (Phi) is 6.01. The molecule has 2 unspecified atom stereocenters. The van der Waals surface area contributed by atoms with E-state index >= 15 is 0 Å². The summed E-state index contributed by atoms with van der Waals surface area (Å²) in [4.78, 5) is 0. The molecule has 0 aromatic heterocycles. The second-order valence-electron chi connectivity index (χ2n) is 7.97. The highest BCUT2D eigenvalue weighted by Gasteiger charge is 2.16. The maximum Gasteiger partial charge on any atom is 0.197 e. The Balaban J connectivity index is 1.48. The number of ether oxygens (including phenoxy) is 2. The summed E-state index contributed by atoms with van der Waals surface area (Å²) in [7, 11) is 0. The largest absolute Gasteiger partial charge is 0.465 e. The van der Waals surface area contributed by atoms with E-state index in [1.165, 1.54) is 33.0 Å². The molecule has 3 aromatic carbocycles. The summed E-state index contributed by atoms with van der Waals surface area (Å²) in [6, 6.07) is 19.3. The van der Waals surface area contributed by atoms with Crippen LogP contribution in [0, 0.1) is 0 Å². The minimum absolute atomic E-state index is 0.307. The lowest BCUT2D eigenvalue weighted by Gasteiger charge is -2.21. The van der Waals surface area contributed by atoms with Crippen LogP contribution in [0.1, 0.15) is 55.4 Å². The van der Waals surface area contributed by atoms with E-state index < -0.39 is 0 Å². The Hall–Kier alpha value is -2.58. The van der Waals surface area contributed by atoms with Crippen LogP contribution < -0.4 is 4.74 Å². The van der Waals surface area contributed by atoms with Crippen molar-refractivity contribution in [3.8, 4) is 5.75 Å². The first-order valence-corrected chi connectivity index (χ1v) is 10.7. The molecule has 29 heavy (non-hydrogen) atoms. The van der Waals surface area contributed by atoms with Crippen LogP contribution in [0.5, 0.6) is 5.75 Å². The molecule has 4 rings (SSSR count). The third-order valence-electron chi connectivity index (χ3n) is 6.02. The van der Waals surface area contributed by atoms with Crippen molar-refractivity contribution < 1.29 is 9.47 Å². The van der Waals surface area contributed by atoms with E-state index in [0.717, 1.165) is 25.0 Å². The molecule has 0 heterocycles. The summed E-state index contributed by atoms with van der Waals surface area (Å²) < 4.78 is 12.2. The van der Waals surface area contributed by atoms with Gasteiger partial charge < -0.3 is 9.47 Å².